The third kappa shape index (κ3) is 3.84. The van der Waals surface area contributed by atoms with Crippen molar-refractivity contribution in [2.75, 3.05) is 14.2 Å². The Morgan fingerprint density at radius 1 is 1.25 bits per heavy atom. The van der Waals surface area contributed by atoms with E-state index in [1.807, 2.05) is 13.8 Å². The van der Waals surface area contributed by atoms with E-state index in [1.54, 1.807) is 0 Å². The largest absolute Gasteiger partial charge is 0.493 e. The summed E-state index contributed by atoms with van der Waals surface area (Å²) in [5, 5.41) is 19.9. The van der Waals surface area contributed by atoms with E-state index in [2.05, 4.69) is 0 Å². The quantitative estimate of drug-likeness (QED) is 0.659. The number of methoxy groups -OCH3 is 2. The SMILES string of the molecule is CC.COc1cc(C(C)C(=O)O)c([N+](=O)[O-])cc1OC. The van der Waals surface area contributed by atoms with Gasteiger partial charge in [-0.25, -0.2) is 0 Å². The third-order valence-electron chi connectivity index (χ3n) is 2.57. The van der Waals surface area contributed by atoms with E-state index in [4.69, 9.17) is 14.6 Å². The number of carbonyl (C=O) groups is 1. The first-order valence-electron chi connectivity index (χ1n) is 6.05. The molecule has 7 nitrogen and oxygen atoms in total. The molecule has 0 aliphatic heterocycles. The molecule has 0 heterocycles. The molecule has 0 aromatic heterocycles. The topological polar surface area (TPSA) is 98.9 Å². The van der Waals surface area contributed by atoms with Gasteiger partial charge in [0.2, 0.25) is 0 Å². The number of rotatable bonds is 5. The van der Waals surface area contributed by atoms with Gasteiger partial charge in [-0.3, -0.25) is 14.9 Å². The maximum Gasteiger partial charge on any atom is 0.310 e. The number of nitro benzene ring substituents is 1. The molecule has 1 N–H and O–H groups in total. The number of hydrogen-bond donors (Lipinski definition) is 1. The van der Waals surface area contributed by atoms with Gasteiger partial charge in [-0.15, -0.1) is 0 Å². The van der Waals surface area contributed by atoms with Crippen molar-refractivity contribution in [3.63, 3.8) is 0 Å². The van der Waals surface area contributed by atoms with Crippen LogP contribution in [0.15, 0.2) is 12.1 Å². The van der Waals surface area contributed by atoms with Crippen LogP contribution in [-0.4, -0.2) is 30.2 Å². The lowest BCUT2D eigenvalue weighted by molar-refractivity contribution is -0.385. The minimum atomic E-state index is -1.15. The second-order valence-electron chi connectivity index (χ2n) is 3.58. The summed E-state index contributed by atoms with van der Waals surface area (Å²) in [6, 6.07) is 2.48. The maximum atomic E-state index is 10.9. The molecular weight excluding hydrogens is 266 g/mol. The van der Waals surface area contributed by atoms with Gasteiger partial charge in [0.15, 0.2) is 11.5 Å². The average molecular weight is 285 g/mol. The van der Waals surface area contributed by atoms with Gasteiger partial charge in [-0.2, -0.15) is 0 Å². The van der Waals surface area contributed by atoms with Gasteiger partial charge in [0.05, 0.1) is 31.1 Å². The Hall–Kier alpha value is -2.31. The molecule has 0 bridgehead atoms. The molecule has 1 aromatic rings. The summed E-state index contributed by atoms with van der Waals surface area (Å²) >= 11 is 0. The molecule has 0 aliphatic rings. The van der Waals surface area contributed by atoms with Crippen LogP contribution in [0.25, 0.3) is 0 Å². The molecule has 0 spiro atoms. The average Bonchev–Trinajstić information content (AvgIpc) is 2.46. The van der Waals surface area contributed by atoms with E-state index in [1.165, 1.54) is 27.2 Å². The first kappa shape index (κ1) is 17.7. The van der Waals surface area contributed by atoms with Crippen molar-refractivity contribution in [3.8, 4) is 11.5 Å². The zero-order chi connectivity index (χ0) is 15.9. The van der Waals surface area contributed by atoms with Crippen LogP contribution in [0, 0.1) is 10.1 Å². The Morgan fingerprint density at radius 2 is 1.70 bits per heavy atom. The van der Waals surface area contributed by atoms with Crippen molar-refractivity contribution in [2.45, 2.75) is 26.7 Å². The van der Waals surface area contributed by atoms with Gasteiger partial charge in [0, 0.05) is 5.56 Å². The summed E-state index contributed by atoms with van der Waals surface area (Å²) in [4.78, 5) is 21.2. The highest BCUT2D eigenvalue weighted by atomic mass is 16.6. The number of nitrogens with zero attached hydrogens (tertiary/aromatic N) is 1. The van der Waals surface area contributed by atoms with Gasteiger partial charge >= 0.3 is 5.97 Å². The summed E-state index contributed by atoms with van der Waals surface area (Å²) in [6.45, 7) is 5.37. The number of hydrogen-bond acceptors (Lipinski definition) is 5. The molecule has 1 unspecified atom stereocenters. The van der Waals surface area contributed by atoms with Crippen LogP contribution in [0.3, 0.4) is 0 Å². The molecule has 1 aromatic carbocycles. The Labute approximate surface area is 117 Å². The summed E-state index contributed by atoms with van der Waals surface area (Å²) in [6.07, 6.45) is 0. The summed E-state index contributed by atoms with van der Waals surface area (Å²) in [5.74, 6) is -1.72. The lowest BCUT2D eigenvalue weighted by atomic mass is 9.99. The third-order valence-corrected chi connectivity index (χ3v) is 2.57. The van der Waals surface area contributed by atoms with Gasteiger partial charge in [-0.05, 0) is 13.0 Å². The van der Waals surface area contributed by atoms with Crippen LogP contribution in [0.4, 0.5) is 5.69 Å². The number of carboxylic acid groups (broad SMARTS) is 1. The van der Waals surface area contributed by atoms with E-state index in [9.17, 15) is 14.9 Å². The van der Waals surface area contributed by atoms with Gasteiger partial charge in [0.25, 0.3) is 5.69 Å². The second kappa shape index (κ2) is 7.98. The van der Waals surface area contributed by atoms with E-state index < -0.39 is 16.8 Å². The molecular formula is C13H19NO6. The highest BCUT2D eigenvalue weighted by Crippen LogP contribution is 2.37. The summed E-state index contributed by atoms with van der Waals surface area (Å²) in [5.41, 5.74) is -0.229. The highest BCUT2D eigenvalue weighted by molar-refractivity contribution is 5.78. The zero-order valence-corrected chi connectivity index (χ0v) is 12.2. The monoisotopic (exact) mass is 285 g/mol. The van der Waals surface area contributed by atoms with Crippen molar-refractivity contribution in [3.05, 3.63) is 27.8 Å². The number of carboxylic acids is 1. The Bertz CT molecular complexity index is 486. The van der Waals surface area contributed by atoms with E-state index in [0.29, 0.717) is 0 Å². The molecule has 112 valence electrons. The number of aliphatic carboxylic acids is 1. The van der Waals surface area contributed by atoms with Crippen LogP contribution >= 0.6 is 0 Å². The van der Waals surface area contributed by atoms with Crippen LogP contribution in [-0.2, 0) is 4.79 Å². The van der Waals surface area contributed by atoms with Crippen molar-refractivity contribution < 1.29 is 24.3 Å². The van der Waals surface area contributed by atoms with Gasteiger partial charge < -0.3 is 14.6 Å². The Kier molecular flexibility index (Phi) is 7.06. The van der Waals surface area contributed by atoms with E-state index in [0.717, 1.165) is 6.07 Å². The van der Waals surface area contributed by atoms with Crippen LogP contribution in [0.2, 0.25) is 0 Å². The second-order valence-corrected chi connectivity index (χ2v) is 3.58. The predicted molar refractivity (Wildman–Crippen MR) is 73.6 cm³/mol. The van der Waals surface area contributed by atoms with Gasteiger partial charge in [-0.1, -0.05) is 13.8 Å². The van der Waals surface area contributed by atoms with Crippen molar-refractivity contribution in [2.24, 2.45) is 0 Å². The van der Waals surface area contributed by atoms with E-state index >= 15 is 0 Å². The zero-order valence-electron chi connectivity index (χ0n) is 12.2. The molecule has 0 amide bonds. The molecule has 7 heteroatoms. The minimum Gasteiger partial charge on any atom is -0.493 e. The molecule has 20 heavy (non-hydrogen) atoms. The van der Waals surface area contributed by atoms with Crippen molar-refractivity contribution in [1.29, 1.82) is 0 Å². The van der Waals surface area contributed by atoms with Gasteiger partial charge in [0.1, 0.15) is 0 Å². The van der Waals surface area contributed by atoms with Crippen LogP contribution < -0.4 is 9.47 Å². The first-order valence-corrected chi connectivity index (χ1v) is 6.05. The summed E-state index contributed by atoms with van der Waals surface area (Å²) < 4.78 is 9.95. The fourth-order valence-corrected chi connectivity index (χ4v) is 1.52. The lowest BCUT2D eigenvalue weighted by Crippen LogP contribution is -2.10. The van der Waals surface area contributed by atoms with E-state index in [-0.39, 0.29) is 22.7 Å². The molecule has 0 radical (unpaired) electrons. The predicted octanol–water partition coefficient (Wildman–Crippen LogP) is 2.83. The molecule has 1 rings (SSSR count). The normalized spacial score (nSPS) is 10.8. The highest BCUT2D eigenvalue weighted by Gasteiger charge is 2.26. The Morgan fingerprint density at radius 3 is 2.05 bits per heavy atom. The molecule has 0 aliphatic carbocycles. The molecule has 0 fully saturated rings. The van der Waals surface area contributed by atoms with Crippen molar-refractivity contribution in [1.82, 2.24) is 0 Å². The Balaban J connectivity index is 0.00000172. The lowest BCUT2D eigenvalue weighted by Gasteiger charge is -2.12. The molecule has 1 atom stereocenters. The fraction of sp³-hybridized carbons (Fsp3) is 0.462. The van der Waals surface area contributed by atoms with Crippen LogP contribution in [0.1, 0.15) is 32.3 Å². The minimum absolute atomic E-state index is 0.0742. The number of nitro groups is 1. The molecule has 0 saturated carbocycles. The van der Waals surface area contributed by atoms with Crippen LogP contribution in [0.5, 0.6) is 11.5 Å². The standard InChI is InChI=1S/C11H13NO6.C2H6/c1-6(11(13)14)7-4-9(17-2)10(18-3)5-8(7)12(15)16;1-2/h4-6H,1-3H3,(H,13,14);1-2H3. The van der Waals surface area contributed by atoms with Crippen molar-refractivity contribution >= 4 is 11.7 Å². The summed E-state index contributed by atoms with van der Waals surface area (Å²) in [7, 11) is 2.72. The number of benzene rings is 1. The fourth-order valence-electron chi connectivity index (χ4n) is 1.52. The first-order chi connectivity index (χ1) is 9.42. The maximum absolute atomic E-state index is 10.9. The smallest absolute Gasteiger partial charge is 0.310 e. The number of ether oxygens (including phenoxy) is 2. The molecule has 0 saturated heterocycles.